The second-order valence-corrected chi connectivity index (χ2v) is 5.81. The maximum atomic E-state index is 13.6. The van der Waals surface area contributed by atoms with Gasteiger partial charge >= 0.3 is 9.28 Å². The van der Waals surface area contributed by atoms with E-state index in [4.69, 9.17) is 8.85 Å². The van der Waals surface area contributed by atoms with Gasteiger partial charge in [0.15, 0.2) is 11.6 Å². The third-order valence-electron chi connectivity index (χ3n) is 2.24. The molecule has 1 aromatic carbocycles. The van der Waals surface area contributed by atoms with Crippen molar-refractivity contribution >= 4 is 14.5 Å². The Hall–Kier alpha value is -0.853. The van der Waals surface area contributed by atoms with Gasteiger partial charge in [-0.2, -0.15) is 0 Å². The van der Waals surface area contributed by atoms with E-state index in [1.807, 2.05) is 13.8 Å². The van der Waals surface area contributed by atoms with Crippen LogP contribution in [0.25, 0.3) is 0 Å². The highest BCUT2D eigenvalue weighted by molar-refractivity contribution is 6.61. The molecule has 0 amide bonds. The molecule has 2 nitrogen and oxygen atoms in total. The minimum atomic E-state index is -2.50. The Morgan fingerprint density at radius 1 is 0.889 bits per heavy atom. The van der Waals surface area contributed by atoms with E-state index in [-0.39, 0.29) is 5.19 Å². The average Bonchev–Trinajstić information content (AvgIpc) is 2.35. The Morgan fingerprint density at radius 3 is 1.89 bits per heavy atom. The van der Waals surface area contributed by atoms with Crippen LogP contribution in [0, 0.1) is 17.5 Å². The quantitative estimate of drug-likeness (QED) is 0.563. The molecule has 0 heterocycles. The summed E-state index contributed by atoms with van der Waals surface area (Å²) in [5, 5.41) is 0.0239. The van der Waals surface area contributed by atoms with Gasteiger partial charge in [-0.3, -0.25) is 0 Å². The van der Waals surface area contributed by atoms with E-state index < -0.39 is 26.7 Å². The fourth-order valence-electron chi connectivity index (χ4n) is 1.40. The normalized spacial score (nSPS) is 11.2. The molecule has 6 heteroatoms. The van der Waals surface area contributed by atoms with Crippen molar-refractivity contribution in [1.29, 1.82) is 0 Å². The molecule has 0 aliphatic carbocycles. The SMILES string of the molecule is CCCO[SiH](OCCC)c1cc(F)c(F)cc1F. The first-order valence-electron chi connectivity index (χ1n) is 5.97. The van der Waals surface area contributed by atoms with E-state index in [2.05, 4.69) is 0 Å². The average molecular weight is 278 g/mol. The van der Waals surface area contributed by atoms with Crippen LogP contribution in [-0.2, 0) is 8.85 Å². The molecule has 18 heavy (non-hydrogen) atoms. The van der Waals surface area contributed by atoms with Gasteiger partial charge in [0.05, 0.1) is 0 Å². The Morgan fingerprint density at radius 2 is 1.39 bits per heavy atom. The van der Waals surface area contributed by atoms with Crippen LogP contribution in [0.3, 0.4) is 0 Å². The third kappa shape index (κ3) is 4.11. The van der Waals surface area contributed by atoms with Crippen LogP contribution in [0.5, 0.6) is 0 Å². The summed E-state index contributed by atoms with van der Waals surface area (Å²) in [5.74, 6) is -3.09. The molecule has 0 bridgehead atoms. The second kappa shape index (κ2) is 7.55. The smallest absolute Gasteiger partial charge is 0.358 e. The summed E-state index contributed by atoms with van der Waals surface area (Å²) >= 11 is 0. The van der Waals surface area contributed by atoms with Crippen molar-refractivity contribution in [3.05, 3.63) is 29.6 Å². The minimum absolute atomic E-state index is 0.0239. The van der Waals surface area contributed by atoms with E-state index in [0.717, 1.165) is 18.9 Å². The van der Waals surface area contributed by atoms with Crippen LogP contribution in [0.15, 0.2) is 12.1 Å². The van der Waals surface area contributed by atoms with Crippen LogP contribution in [0.4, 0.5) is 13.2 Å². The number of rotatable bonds is 7. The van der Waals surface area contributed by atoms with Crippen molar-refractivity contribution < 1.29 is 22.0 Å². The molecule has 0 atom stereocenters. The lowest BCUT2D eigenvalue weighted by Gasteiger charge is -2.17. The monoisotopic (exact) mass is 278 g/mol. The van der Waals surface area contributed by atoms with Crippen molar-refractivity contribution in [2.75, 3.05) is 13.2 Å². The molecule has 0 N–H and O–H groups in total. The van der Waals surface area contributed by atoms with Crippen molar-refractivity contribution in [3.8, 4) is 0 Å². The first-order chi connectivity index (χ1) is 8.60. The zero-order valence-corrected chi connectivity index (χ0v) is 11.7. The highest BCUT2D eigenvalue weighted by atomic mass is 28.3. The predicted molar refractivity (Wildman–Crippen MR) is 65.6 cm³/mol. The number of benzene rings is 1. The Balaban J connectivity index is 2.92. The van der Waals surface area contributed by atoms with Crippen molar-refractivity contribution in [1.82, 2.24) is 0 Å². The van der Waals surface area contributed by atoms with Gasteiger partial charge in [0.1, 0.15) is 5.82 Å². The molecular formula is C12H17F3O2Si. The first-order valence-corrected chi connectivity index (χ1v) is 7.49. The molecule has 0 radical (unpaired) electrons. The predicted octanol–water partition coefficient (Wildman–Crippen LogP) is 2.38. The highest BCUT2D eigenvalue weighted by Gasteiger charge is 2.23. The molecule has 0 unspecified atom stereocenters. The molecule has 0 aliphatic heterocycles. The van der Waals surface area contributed by atoms with Crippen LogP contribution >= 0.6 is 0 Å². The maximum Gasteiger partial charge on any atom is 0.358 e. The topological polar surface area (TPSA) is 18.5 Å². The zero-order valence-electron chi connectivity index (χ0n) is 10.5. The van der Waals surface area contributed by atoms with Crippen molar-refractivity contribution in [2.45, 2.75) is 26.7 Å². The van der Waals surface area contributed by atoms with Crippen molar-refractivity contribution in [2.24, 2.45) is 0 Å². The minimum Gasteiger partial charge on any atom is -0.393 e. The molecule has 102 valence electrons. The maximum absolute atomic E-state index is 13.6. The summed E-state index contributed by atoms with van der Waals surface area (Å²) < 4.78 is 50.5. The molecule has 1 aromatic rings. The van der Waals surface area contributed by atoms with Gasteiger partial charge in [0, 0.05) is 24.5 Å². The van der Waals surface area contributed by atoms with Gasteiger partial charge in [-0.15, -0.1) is 0 Å². The van der Waals surface area contributed by atoms with Crippen molar-refractivity contribution in [3.63, 3.8) is 0 Å². The van der Waals surface area contributed by atoms with Crippen LogP contribution < -0.4 is 5.19 Å². The van der Waals surface area contributed by atoms with Gasteiger partial charge in [-0.25, -0.2) is 13.2 Å². The van der Waals surface area contributed by atoms with Crippen LogP contribution in [0.1, 0.15) is 26.7 Å². The summed E-state index contributed by atoms with van der Waals surface area (Å²) in [6.07, 6.45) is 1.51. The largest absolute Gasteiger partial charge is 0.393 e. The Kier molecular flexibility index (Phi) is 6.38. The lowest BCUT2D eigenvalue weighted by Crippen LogP contribution is -2.40. The Labute approximate surface area is 107 Å². The zero-order chi connectivity index (χ0) is 13.5. The Bertz CT molecular complexity index is 380. The summed E-state index contributed by atoms with van der Waals surface area (Å²) in [6, 6.07) is 1.38. The molecule has 0 spiro atoms. The van der Waals surface area contributed by atoms with Gasteiger partial charge in [0.2, 0.25) is 0 Å². The van der Waals surface area contributed by atoms with Gasteiger partial charge in [0.25, 0.3) is 0 Å². The summed E-state index contributed by atoms with van der Waals surface area (Å²) in [7, 11) is -2.50. The van der Waals surface area contributed by atoms with Crippen LogP contribution in [0.2, 0.25) is 0 Å². The standard InChI is InChI=1S/C12H17F3O2Si/c1-3-5-16-18(17-6-4-2)12-8-10(14)9(13)7-11(12)15/h7-8,18H,3-6H2,1-2H3. The molecule has 0 aromatic heterocycles. The summed E-state index contributed by atoms with van der Waals surface area (Å²) in [5.41, 5.74) is 0. The molecule has 1 rings (SSSR count). The van der Waals surface area contributed by atoms with E-state index in [1.165, 1.54) is 0 Å². The molecule has 0 saturated heterocycles. The second-order valence-electron chi connectivity index (χ2n) is 3.86. The van der Waals surface area contributed by atoms with E-state index in [0.29, 0.717) is 19.3 Å². The summed E-state index contributed by atoms with van der Waals surface area (Å²) in [4.78, 5) is 0. The summed E-state index contributed by atoms with van der Waals surface area (Å²) in [6.45, 7) is 4.65. The van der Waals surface area contributed by atoms with E-state index in [9.17, 15) is 13.2 Å². The van der Waals surface area contributed by atoms with Gasteiger partial charge < -0.3 is 8.85 Å². The first kappa shape index (κ1) is 15.2. The van der Waals surface area contributed by atoms with E-state index in [1.54, 1.807) is 0 Å². The molecule has 0 fully saturated rings. The fraction of sp³-hybridized carbons (Fsp3) is 0.500. The fourth-order valence-corrected chi connectivity index (χ4v) is 3.34. The molecule has 0 aliphatic rings. The third-order valence-corrected chi connectivity index (χ3v) is 4.27. The lowest BCUT2D eigenvalue weighted by molar-refractivity contribution is 0.206. The number of hydrogen-bond donors (Lipinski definition) is 0. The van der Waals surface area contributed by atoms with Gasteiger partial charge in [-0.05, 0) is 18.9 Å². The molecular weight excluding hydrogens is 261 g/mol. The van der Waals surface area contributed by atoms with E-state index >= 15 is 0 Å². The van der Waals surface area contributed by atoms with Crippen LogP contribution in [-0.4, -0.2) is 22.5 Å². The number of halogens is 3. The van der Waals surface area contributed by atoms with Gasteiger partial charge in [-0.1, -0.05) is 13.8 Å². The highest BCUT2D eigenvalue weighted by Crippen LogP contribution is 2.08. The molecule has 0 saturated carbocycles. The number of hydrogen-bond acceptors (Lipinski definition) is 2. The lowest BCUT2D eigenvalue weighted by atomic mass is 10.3.